The molecule has 0 fully saturated rings. The predicted molar refractivity (Wildman–Crippen MR) is 119 cm³/mol. The van der Waals surface area contributed by atoms with E-state index in [-0.39, 0.29) is 12.1 Å². The van der Waals surface area contributed by atoms with Gasteiger partial charge in [-0.2, -0.15) is 0 Å². The molecule has 4 heteroatoms. The lowest BCUT2D eigenvalue weighted by Gasteiger charge is -2.34. The summed E-state index contributed by atoms with van der Waals surface area (Å²) in [6, 6.07) is 21.5. The summed E-state index contributed by atoms with van der Waals surface area (Å²) in [7, 11) is 2.12. The average molecular weight is 388 g/mol. The fourth-order valence-corrected chi connectivity index (χ4v) is 4.14. The van der Waals surface area contributed by atoms with Crippen LogP contribution in [0.25, 0.3) is 10.8 Å². The van der Waals surface area contributed by atoms with Gasteiger partial charge in [-0.25, -0.2) is 4.79 Å². The number of carbonyl (C=O) groups is 1. The van der Waals surface area contributed by atoms with E-state index in [2.05, 4.69) is 90.2 Å². The highest BCUT2D eigenvalue weighted by Gasteiger charge is 2.23. The van der Waals surface area contributed by atoms with Crippen LogP contribution in [0.5, 0.6) is 0 Å². The molecule has 0 radical (unpaired) electrons. The minimum atomic E-state index is -0.117. The lowest BCUT2D eigenvalue weighted by Crippen LogP contribution is -2.48. The average Bonchev–Trinajstić information content (AvgIpc) is 2.71. The van der Waals surface area contributed by atoms with Crippen molar-refractivity contribution in [3.8, 4) is 0 Å². The topological polar surface area (TPSA) is 44.4 Å². The quantitative estimate of drug-likeness (QED) is 0.689. The van der Waals surface area contributed by atoms with E-state index in [9.17, 15) is 4.79 Å². The van der Waals surface area contributed by atoms with Crippen LogP contribution in [0.2, 0.25) is 0 Å². The molecule has 2 amide bonds. The second kappa shape index (κ2) is 8.26. The van der Waals surface area contributed by atoms with Crippen LogP contribution in [-0.2, 0) is 13.0 Å². The van der Waals surface area contributed by atoms with Crippen LogP contribution in [0.4, 0.5) is 4.79 Å². The van der Waals surface area contributed by atoms with Gasteiger partial charge in [0.1, 0.15) is 0 Å². The maximum absolute atomic E-state index is 12.5. The van der Waals surface area contributed by atoms with Gasteiger partial charge in [0.05, 0.1) is 6.04 Å². The number of nitrogens with one attached hydrogen (secondary N) is 2. The Morgan fingerprint density at radius 3 is 2.62 bits per heavy atom. The monoisotopic (exact) mass is 387 g/mol. The normalized spacial score (nSPS) is 17.6. The molecule has 1 aliphatic rings. The van der Waals surface area contributed by atoms with Gasteiger partial charge >= 0.3 is 6.03 Å². The zero-order chi connectivity index (χ0) is 20.4. The Balaban J connectivity index is 1.34. The second-order valence-electron chi connectivity index (χ2n) is 8.23. The van der Waals surface area contributed by atoms with E-state index in [1.807, 2.05) is 6.92 Å². The summed E-state index contributed by atoms with van der Waals surface area (Å²) in [5.74, 6) is 0. The maximum atomic E-state index is 12.5. The first-order valence-electron chi connectivity index (χ1n) is 10.3. The maximum Gasteiger partial charge on any atom is 0.315 e. The molecular weight excluding hydrogens is 358 g/mol. The second-order valence-corrected chi connectivity index (χ2v) is 8.23. The molecule has 3 aromatic rings. The third-order valence-electron chi connectivity index (χ3n) is 5.98. The summed E-state index contributed by atoms with van der Waals surface area (Å²) in [6.45, 7) is 5.69. The van der Waals surface area contributed by atoms with Gasteiger partial charge < -0.3 is 10.6 Å². The molecule has 0 aromatic heterocycles. The summed E-state index contributed by atoms with van der Waals surface area (Å²) in [5, 5.41) is 8.57. The van der Waals surface area contributed by atoms with Crippen molar-refractivity contribution in [3.05, 3.63) is 82.9 Å². The molecule has 1 aliphatic heterocycles. The molecule has 0 spiro atoms. The molecule has 2 unspecified atom stereocenters. The molecule has 0 saturated carbocycles. The van der Waals surface area contributed by atoms with Crippen molar-refractivity contribution in [2.45, 2.75) is 38.9 Å². The molecule has 2 atom stereocenters. The van der Waals surface area contributed by atoms with E-state index < -0.39 is 0 Å². The van der Waals surface area contributed by atoms with Crippen LogP contribution < -0.4 is 10.6 Å². The SMILES string of the molecule is Cc1ccc2cc(C(C)NC(=O)NCC3Cc4ccccc4CN3C)ccc2c1. The highest BCUT2D eigenvalue weighted by molar-refractivity contribution is 5.84. The van der Waals surface area contributed by atoms with E-state index in [1.54, 1.807) is 0 Å². The fraction of sp³-hybridized carbons (Fsp3) is 0.320. The fourth-order valence-electron chi connectivity index (χ4n) is 4.14. The Labute approximate surface area is 172 Å². The summed E-state index contributed by atoms with van der Waals surface area (Å²) >= 11 is 0. The van der Waals surface area contributed by atoms with E-state index in [0.29, 0.717) is 12.6 Å². The Morgan fingerprint density at radius 1 is 1.07 bits per heavy atom. The van der Waals surface area contributed by atoms with Gasteiger partial charge in [-0.3, -0.25) is 4.90 Å². The van der Waals surface area contributed by atoms with E-state index in [1.165, 1.54) is 27.5 Å². The van der Waals surface area contributed by atoms with Crippen molar-refractivity contribution in [2.75, 3.05) is 13.6 Å². The van der Waals surface area contributed by atoms with E-state index >= 15 is 0 Å². The molecule has 0 saturated heterocycles. The van der Waals surface area contributed by atoms with Gasteiger partial charge in [-0.05, 0) is 60.8 Å². The number of likely N-dealkylation sites (N-methyl/N-ethyl adjacent to an activating group) is 1. The number of nitrogens with zero attached hydrogens (tertiary/aromatic N) is 1. The van der Waals surface area contributed by atoms with Gasteiger partial charge in [0.25, 0.3) is 0 Å². The van der Waals surface area contributed by atoms with Crippen LogP contribution in [0, 0.1) is 6.92 Å². The zero-order valence-electron chi connectivity index (χ0n) is 17.4. The molecule has 29 heavy (non-hydrogen) atoms. The first-order valence-corrected chi connectivity index (χ1v) is 10.3. The van der Waals surface area contributed by atoms with Crippen LogP contribution in [-0.4, -0.2) is 30.6 Å². The highest BCUT2D eigenvalue weighted by Crippen LogP contribution is 2.23. The molecular formula is C25H29N3O. The summed E-state index contributed by atoms with van der Waals surface area (Å²) in [6.07, 6.45) is 0.965. The van der Waals surface area contributed by atoms with Gasteiger partial charge in [0.2, 0.25) is 0 Å². The van der Waals surface area contributed by atoms with Crippen LogP contribution in [0.3, 0.4) is 0 Å². The lowest BCUT2D eigenvalue weighted by atomic mass is 9.94. The Morgan fingerprint density at radius 2 is 1.79 bits per heavy atom. The van der Waals surface area contributed by atoms with E-state index in [0.717, 1.165) is 18.5 Å². The van der Waals surface area contributed by atoms with E-state index in [4.69, 9.17) is 0 Å². The minimum absolute atomic E-state index is 0.0504. The summed E-state index contributed by atoms with van der Waals surface area (Å²) in [5.41, 5.74) is 5.14. The first-order chi connectivity index (χ1) is 14.0. The van der Waals surface area contributed by atoms with Crippen molar-refractivity contribution >= 4 is 16.8 Å². The molecule has 3 aromatic carbocycles. The largest absolute Gasteiger partial charge is 0.337 e. The number of urea groups is 1. The third-order valence-corrected chi connectivity index (χ3v) is 5.98. The Kier molecular flexibility index (Phi) is 5.54. The Hall–Kier alpha value is -2.85. The molecule has 0 bridgehead atoms. The molecule has 150 valence electrons. The lowest BCUT2D eigenvalue weighted by molar-refractivity contribution is 0.202. The predicted octanol–water partition coefficient (Wildman–Crippen LogP) is 4.57. The molecule has 1 heterocycles. The molecule has 2 N–H and O–H groups in total. The number of aryl methyl sites for hydroxylation is 1. The number of benzene rings is 3. The number of fused-ring (bicyclic) bond motifs is 2. The minimum Gasteiger partial charge on any atom is -0.337 e. The zero-order valence-corrected chi connectivity index (χ0v) is 17.4. The van der Waals surface area contributed by atoms with Crippen LogP contribution in [0.1, 0.15) is 35.2 Å². The molecule has 0 aliphatic carbocycles. The summed E-state index contributed by atoms with van der Waals surface area (Å²) < 4.78 is 0. The van der Waals surface area contributed by atoms with Crippen molar-refractivity contribution in [1.29, 1.82) is 0 Å². The number of hydrogen-bond acceptors (Lipinski definition) is 2. The van der Waals surface area contributed by atoms with Crippen molar-refractivity contribution in [3.63, 3.8) is 0 Å². The van der Waals surface area contributed by atoms with Gasteiger partial charge in [-0.1, -0.05) is 60.2 Å². The van der Waals surface area contributed by atoms with Gasteiger partial charge in [0, 0.05) is 19.1 Å². The van der Waals surface area contributed by atoms with Crippen molar-refractivity contribution in [2.24, 2.45) is 0 Å². The molecule has 4 rings (SSSR count). The smallest absolute Gasteiger partial charge is 0.315 e. The van der Waals surface area contributed by atoms with Gasteiger partial charge in [-0.15, -0.1) is 0 Å². The van der Waals surface area contributed by atoms with Crippen LogP contribution in [0.15, 0.2) is 60.7 Å². The standard InChI is InChI=1S/C25H29N3O/c1-17-8-9-22-13-19(10-11-21(22)12-17)18(2)27-25(29)26-15-24-14-20-6-4-5-7-23(20)16-28(24)3/h4-13,18,24H,14-16H2,1-3H3,(H2,26,27,29). The number of hydrogen-bond donors (Lipinski definition) is 2. The third kappa shape index (κ3) is 4.43. The van der Waals surface area contributed by atoms with Crippen molar-refractivity contribution in [1.82, 2.24) is 15.5 Å². The summed E-state index contributed by atoms with van der Waals surface area (Å²) in [4.78, 5) is 14.8. The number of carbonyl (C=O) groups excluding carboxylic acids is 1. The first kappa shape index (κ1) is 19.5. The Bertz CT molecular complexity index is 1030. The number of rotatable bonds is 4. The van der Waals surface area contributed by atoms with Crippen LogP contribution >= 0.6 is 0 Å². The number of amides is 2. The molecule has 4 nitrogen and oxygen atoms in total. The van der Waals surface area contributed by atoms with Gasteiger partial charge in [0.15, 0.2) is 0 Å². The van der Waals surface area contributed by atoms with Crippen molar-refractivity contribution < 1.29 is 4.79 Å². The highest BCUT2D eigenvalue weighted by atomic mass is 16.2.